The van der Waals surface area contributed by atoms with Gasteiger partial charge < -0.3 is 9.84 Å². The normalized spacial score (nSPS) is 15.9. The largest absolute Gasteiger partial charge is 0.490 e. The van der Waals surface area contributed by atoms with Gasteiger partial charge in [0, 0.05) is 29.2 Å². The molecule has 1 aromatic heterocycles. The molecule has 0 unspecified atom stereocenters. The second kappa shape index (κ2) is 7.75. The molecule has 4 rings (SSSR count). The molecule has 0 saturated carbocycles. The van der Waals surface area contributed by atoms with E-state index < -0.39 is 6.09 Å². The Hall–Kier alpha value is -3.93. The summed E-state index contributed by atoms with van der Waals surface area (Å²) < 4.78 is 5.76. The number of nitrogens with zero attached hydrogens (tertiary/aromatic N) is 3. The molecule has 28 heavy (non-hydrogen) atoms. The summed E-state index contributed by atoms with van der Waals surface area (Å²) in [6.45, 7) is 0.361. The Morgan fingerprint density at radius 1 is 1.11 bits per heavy atom. The topological polar surface area (TPSA) is 75.0 Å². The third kappa shape index (κ3) is 3.76. The summed E-state index contributed by atoms with van der Waals surface area (Å²) in [4.78, 5) is 21.9. The molecule has 0 spiro atoms. The number of carboxylic acid groups (broad SMARTS) is 1. The number of aromatic nitrogens is 1. The molecule has 0 fully saturated rings. The lowest BCUT2D eigenvalue weighted by atomic mass is 10.2. The third-order valence-electron chi connectivity index (χ3n) is 4.21. The zero-order valence-corrected chi connectivity index (χ0v) is 14.9. The summed E-state index contributed by atoms with van der Waals surface area (Å²) in [5.74, 6) is 0.715. The molecule has 2 heterocycles. The predicted octanol–water partition coefficient (Wildman–Crippen LogP) is 3.37. The number of fused-ring (bicyclic) bond motifs is 2. The lowest BCUT2D eigenvalue weighted by Gasteiger charge is -2.07. The van der Waals surface area contributed by atoms with Crippen LogP contribution in [-0.4, -0.2) is 27.7 Å². The quantitative estimate of drug-likeness (QED) is 0.657. The van der Waals surface area contributed by atoms with Crippen molar-refractivity contribution in [2.45, 2.75) is 0 Å². The molecule has 0 atom stereocenters. The van der Waals surface area contributed by atoms with Crippen molar-refractivity contribution in [3.8, 4) is 5.75 Å². The number of pyridine rings is 1. The standard InChI is InChI=1S/C22H17N3O3/c26-22(27)25-12-4-1-5-13-28-17-8-9-20-18(14-17)21(10-11-23-20)24-19-7-3-2-6-16(19)15-25/h1-12,14-15H,13H2,(H,26,27)/b5-1-,12-4-,16-15?,24-19?. The van der Waals surface area contributed by atoms with Gasteiger partial charge in [0.2, 0.25) is 0 Å². The van der Waals surface area contributed by atoms with Crippen LogP contribution in [0.1, 0.15) is 0 Å². The van der Waals surface area contributed by atoms with E-state index in [0.29, 0.717) is 22.9 Å². The Morgan fingerprint density at radius 2 is 2.00 bits per heavy atom. The first-order valence-electron chi connectivity index (χ1n) is 8.72. The van der Waals surface area contributed by atoms with E-state index in [1.165, 1.54) is 12.4 Å². The summed E-state index contributed by atoms with van der Waals surface area (Å²) in [7, 11) is 0. The van der Waals surface area contributed by atoms with Gasteiger partial charge in [0.05, 0.1) is 16.6 Å². The average Bonchev–Trinajstić information content (AvgIpc) is 2.71. The fraction of sp³-hybridized carbons (Fsp3) is 0.0455. The van der Waals surface area contributed by atoms with Gasteiger partial charge in [-0.25, -0.2) is 9.79 Å². The van der Waals surface area contributed by atoms with Gasteiger partial charge >= 0.3 is 6.09 Å². The van der Waals surface area contributed by atoms with Gasteiger partial charge in [-0.3, -0.25) is 9.88 Å². The first-order valence-corrected chi connectivity index (χ1v) is 8.72. The van der Waals surface area contributed by atoms with Crippen molar-refractivity contribution < 1.29 is 14.6 Å². The summed E-state index contributed by atoms with van der Waals surface area (Å²) in [5.41, 5.74) is 1.54. The maximum atomic E-state index is 11.6. The van der Waals surface area contributed by atoms with Gasteiger partial charge in [0.1, 0.15) is 12.4 Å². The SMILES string of the molecule is O=C(O)N1C=c2ccccc2=Nc2ccnc3ccc(cc23)OC/C=C\C=C/1. The van der Waals surface area contributed by atoms with E-state index in [1.54, 1.807) is 18.3 Å². The number of benzene rings is 2. The lowest BCUT2D eigenvalue weighted by Crippen LogP contribution is -2.29. The monoisotopic (exact) mass is 371 g/mol. The smallest absolute Gasteiger partial charge is 0.415 e. The number of rotatable bonds is 0. The minimum Gasteiger partial charge on any atom is -0.490 e. The van der Waals surface area contributed by atoms with Gasteiger partial charge in [0.15, 0.2) is 0 Å². The molecule has 1 aliphatic heterocycles. The molecule has 1 amide bonds. The molecule has 1 aliphatic rings. The third-order valence-corrected chi connectivity index (χ3v) is 4.21. The van der Waals surface area contributed by atoms with Crippen LogP contribution in [0, 0.1) is 0 Å². The highest BCUT2D eigenvalue weighted by Crippen LogP contribution is 2.27. The molecule has 6 heteroatoms. The highest BCUT2D eigenvalue weighted by molar-refractivity contribution is 5.90. The van der Waals surface area contributed by atoms with Gasteiger partial charge in [-0.2, -0.15) is 0 Å². The second-order valence-electron chi connectivity index (χ2n) is 6.08. The van der Waals surface area contributed by atoms with E-state index in [9.17, 15) is 9.90 Å². The molecule has 6 nitrogen and oxygen atoms in total. The minimum atomic E-state index is -1.09. The molecule has 2 bridgehead atoms. The molecule has 0 saturated heterocycles. The first-order chi connectivity index (χ1) is 13.7. The Morgan fingerprint density at radius 3 is 2.89 bits per heavy atom. The van der Waals surface area contributed by atoms with Crippen molar-refractivity contribution >= 4 is 28.9 Å². The number of amides is 1. The van der Waals surface area contributed by atoms with Crippen LogP contribution in [0.2, 0.25) is 0 Å². The molecular weight excluding hydrogens is 354 g/mol. The van der Waals surface area contributed by atoms with E-state index in [0.717, 1.165) is 21.5 Å². The predicted molar refractivity (Wildman–Crippen MR) is 107 cm³/mol. The van der Waals surface area contributed by atoms with E-state index in [2.05, 4.69) is 4.98 Å². The summed E-state index contributed by atoms with van der Waals surface area (Å²) >= 11 is 0. The Labute approximate surface area is 161 Å². The maximum absolute atomic E-state index is 11.6. The van der Waals surface area contributed by atoms with Crippen molar-refractivity contribution in [2.75, 3.05) is 6.61 Å². The lowest BCUT2D eigenvalue weighted by molar-refractivity contribution is 0.179. The molecule has 0 radical (unpaired) electrons. The molecule has 138 valence electrons. The second-order valence-corrected chi connectivity index (χ2v) is 6.08. The summed E-state index contributed by atoms with van der Waals surface area (Å²) in [5, 5.41) is 11.7. The van der Waals surface area contributed by atoms with Crippen LogP contribution in [0.4, 0.5) is 10.5 Å². The highest BCUT2D eigenvalue weighted by Gasteiger charge is 2.06. The number of hydrogen-bond acceptors (Lipinski definition) is 4. The number of ether oxygens (including phenoxy) is 1. The van der Waals surface area contributed by atoms with E-state index in [-0.39, 0.29) is 0 Å². The first kappa shape index (κ1) is 17.5. The molecule has 1 N–H and O–H groups in total. The number of hydrogen-bond donors (Lipinski definition) is 1. The molecule has 2 aromatic carbocycles. The number of carbonyl (C=O) groups is 1. The Balaban J connectivity index is 2.00. The molecular formula is C22H17N3O3. The Bertz CT molecular complexity index is 1220. The van der Waals surface area contributed by atoms with Crippen molar-refractivity contribution in [3.63, 3.8) is 0 Å². The van der Waals surface area contributed by atoms with Crippen LogP contribution < -0.4 is 15.3 Å². The zero-order valence-electron chi connectivity index (χ0n) is 14.9. The summed E-state index contributed by atoms with van der Waals surface area (Å²) in [6, 6.07) is 14.9. The summed E-state index contributed by atoms with van der Waals surface area (Å²) in [6.07, 6.45) is 8.83. The molecule has 3 aromatic rings. The Kier molecular flexibility index (Phi) is 4.84. The number of allylic oxidation sites excluding steroid dienone is 2. The van der Waals surface area contributed by atoms with Crippen LogP contribution in [0.3, 0.4) is 0 Å². The van der Waals surface area contributed by atoms with Crippen molar-refractivity contribution in [2.24, 2.45) is 4.99 Å². The van der Waals surface area contributed by atoms with Crippen LogP contribution in [0.5, 0.6) is 5.75 Å². The van der Waals surface area contributed by atoms with Crippen LogP contribution in [0.25, 0.3) is 17.1 Å². The van der Waals surface area contributed by atoms with Crippen LogP contribution in [-0.2, 0) is 0 Å². The van der Waals surface area contributed by atoms with Gasteiger partial charge in [-0.05, 0) is 42.5 Å². The fourth-order valence-corrected chi connectivity index (χ4v) is 2.86. The maximum Gasteiger partial charge on any atom is 0.415 e. The van der Waals surface area contributed by atoms with E-state index in [4.69, 9.17) is 9.73 Å². The van der Waals surface area contributed by atoms with Gasteiger partial charge in [0.25, 0.3) is 0 Å². The fourth-order valence-electron chi connectivity index (χ4n) is 2.86. The minimum absolute atomic E-state index is 0.361. The molecule has 0 aliphatic carbocycles. The van der Waals surface area contributed by atoms with E-state index >= 15 is 0 Å². The average molecular weight is 371 g/mol. The number of para-hydroxylation sites is 1. The van der Waals surface area contributed by atoms with E-state index in [1.807, 2.05) is 54.6 Å². The van der Waals surface area contributed by atoms with Crippen molar-refractivity contribution in [1.29, 1.82) is 0 Å². The van der Waals surface area contributed by atoms with Crippen LogP contribution >= 0.6 is 0 Å². The zero-order chi connectivity index (χ0) is 19.3. The van der Waals surface area contributed by atoms with Crippen molar-refractivity contribution in [1.82, 2.24) is 9.88 Å². The van der Waals surface area contributed by atoms with Crippen LogP contribution in [0.15, 0.2) is 84.1 Å². The highest BCUT2D eigenvalue weighted by atomic mass is 16.5. The van der Waals surface area contributed by atoms with Crippen molar-refractivity contribution in [3.05, 3.63) is 89.7 Å². The van der Waals surface area contributed by atoms with Gasteiger partial charge in [-0.15, -0.1) is 0 Å². The van der Waals surface area contributed by atoms with Gasteiger partial charge in [-0.1, -0.05) is 24.3 Å².